The van der Waals surface area contributed by atoms with Gasteiger partial charge >= 0.3 is 0 Å². The Balaban J connectivity index is 2.00. The van der Waals surface area contributed by atoms with Gasteiger partial charge in [-0.3, -0.25) is 9.20 Å². The quantitative estimate of drug-likeness (QED) is 0.524. The zero-order valence-corrected chi connectivity index (χ0v) is 17.2. The fourth-order valence-electron chi connectivity index (χ4n) is 3.17. The first-order valence-electron chi connectivity index (χ1n) is 9.07. The van der Waals surface area contributed by atoms with Crippen LogP contribution in [0.3, 0.4) is 0 Å². The highest BCUT2D eigenvalue weighted by Crippen LogP contribution is 2.30. The van der Waals surface area contributed by atoms with Gasteiger partial charge < -0.3 is 5.32 Å². The summed E-state index contributed by atoms with van der Waals surface area (Å²) >= 11 is 6.31. The molecule has 0 fully saturated rings. The molecule has 1 amide bonds. The molecule has 0 atom stereocenters. The summed E-state index contributed by atoms with van der Waals surface area (Å²) in [5.41, 5.74) is 2.99. The van der Waals surface area contributed by atoms with Crippen LogP contribution in [0.15, 0.2) is 36.4 Å². The van der Waals surface area contributed by atoms with Crippen molar-refractivity contribution in [2.24, 2.45) is 0 Å². The Morgan fingerprint density at radius 1 is 1.14 bits per heavy atom. The zero-order chi connectivity index (χ0) is 20.9. The summed E-state index contributed by atoms with van der Waals surface area (Å²) in [5.74, 6) is -0.249. The summed E-state index contributed by atoms with van der Waals surface area (Å²) < 4.78 is 15.6. The summed E-state index contributed by atoms with van der Waals surface area (Å²) in [7, 11) is 0. The number of aromatic nitrogens is 4. The van der Waals surface area contributed by atoms with Crippen LogP contribution in [0.1, 0.15) is 36.8 Å². The molecule has 29 heavy (non-hydrogen) atoms. The van der Waals surface area contributed by atoms with Crippen molar-refractivity contribution in [2.75, 3.05) is 0 Å². The van der Waals surface area contributed by atoms with Gasteiger partial charge in [-0.2, -0.15) is 0 Å². The van der Waals surface area contributed by atoms with Crippen molar-refractivity contribution in [2.45, 2.75) is 33.2 Å². The van der Waals surface area contributed by atoms with Crippen LogP contribution in [-0.4, -0.2) is 31.0 Å². The molecule has 0 saturated carbocycles. The number of carbonyl (C=O) groups excluding carboxylic acids is 1. The van der Waals surface area contributed by atoms with Crippen molar-refractivity contribution in [1.82, 2.24) is 24.9 Å². The Kier molecular flexibility index (Phi) is 4.50. The molecule has 0 radical (unpaired) electrons. The average molecular weight is 412 g/mol. The van der Waals surface area contributed by atoms with E-state index >= 15 is 0 Å². The Morgan fingerprint density at radius 2 is 1.90 bits per heavy atom. The molecule has 2 aromatic carbocycles. The highest BCUT2D eigenvalue weighted by Gasteiger charge is 2.20. The van der Waals surface area contributed by atoms with Crippen LogP contribution in [0.4, 0.5) is 4.39 Å². The molecule has 0 aliphatic carbocycles. The molecule has 0 unspecified atom stereocenters. The first kappa shape index (κ1) is 19.3. The van der Waals surface area contributed by atoms with Crippen LogP contribution >= 0.6 is 11.6 Å². The van der Waals surface area contributed by atoms with E-state index in [1.807, 2.05) is 27.7 Å². The Morgan fingerprint density at radius 3 is 2.62 bits per heavy atom. The van der Waals surface area contributed by atoms with E-state index in [9.17, 15) is 9.18 Å². The topological polar surface area (TPSA) is 72.2 Å². The standard InChI is InChI=1S/C21H19ClFN5O/c1-11-18-26-27-19(14-10-13(23)6-7-15(14)22)28(18)17-9-12(5-8-16(17)24-11)20(29)25-21(2,3)4/h5-10H,1-4H3,(H,25,29). The van der Waals surface area contributed by atoms with E-state index in [2.05, 4.69) is 20.5 Å². The number of hydrogen-bond donors (Lipinski definition) is 1. The maximum Gasteiger partial charge on any atom is 0.251 e. The van der Waals surface area contributed by atoms with E-state index in [0.29, 0.717) is 44.3 Å². The number of nitrogens with zero attached hydrogens (tertiary/aromatic N) is 4. The summed E-state index contributed by atoms with van der Waals surface area (Å²) in [5, 5.41) is 11.7. The molecule has 6 nitrogen and oxygen atoms in total. The minimum Gasteiger partial charge on any atom is -0.347 e. The second kappa shape index (κ2) is 6.77. The number of rotatable bonds is 2. The second-order valence-corrected chi connectivity index (χ2v) is 8.32. The van der Waals surface area contributed by atoms with Crippen LogP contribution in [0.2, 0.25) is 5.02 Å². The lowest BCUT2D eigenvalue weighted by Crippen LogP contribution is -2.40. The Labute approximate surface area is 171 Å². The molecule has 0 spiro atoms. The Bertz CT molecular complexity index is 1280. The van der Waals surface area contributed by atoms with E-state index in [0.717, 1.165) is 0 Å². The SMILES string of the molecule is Cc1nc2ccc(C(=O)NC(C)(C)C)cc2n2c(-c3cc(F)ccc3Cl)nnc12. The monoisotopic (exact) mass is 411 g/mol. The first-order chi connectivity index (χ1) is 13.6. The molecule has 148 valence electrons. The number of halogens is 2. The molecular weight excluding hydrogens is 393 g/mol. The number of fused-ring (bicyclic) bond motifs is 3. The first-order valence-corrected chi connectivity index (χ1v) is 9.45. The third kappa shape index (κ3) is 3.53. The second-order valence-electron chi connectivity index (χ2n) is 7.91. The minimum absolute atomic E-state index is 0.202. The van der Waals surface area contributed by atoms with Gasteiger partial charge in [-0.05, 0) is 64.1 Å². The van der Waals surface area contributed by atoms with Crippen LogP contribution in [0.25, 0.3) is 28.1 Å². The van der Waals surface area contributed by atoms with E-state index in [-0.39, 0.29) is 11.4 Å². The minimum atomic E-state index is -0.429. The maximum absolute atomic E-state index is 13.9. The third-order valence-corrected chi connectivity index (χ3v) is 4.74. The van der Waals surface area contributed by atoms with Crippen molar-refractivity contribution in [3.05, 3.63) is 58.5 Å². The highest BCUT2D eigenvalue weighted by molar-refractivity contribution is 6.33. The average Bonchev–Trinajstić information content (AvgIpc) is 3.08. The van der Waals surface area contributed by atoms with Gasteiger partial charge in [0.1, 0.15) is 5.82 Å². The van der Waals surface area contributed by atoms with Gasteiger partial charge in [0.15, 0.2) is 11.5 Å². The normalized spacial score (nSPS) is 11.9. The van der Waals surface area contributed by atoms with Crippen LogP contribution in [-0.2, 0) is 0 Å². The summed E-state index contributed by atoms with van der Waals surface area (Å²) in [6.45, 7) is 7.57. The number of carbonyl (C=O) groups is 1. The van der Waals surface area contributed by atoms with Crippen LogP contribution in [0, 0.1) is 12.7 Å². The predicted octanol–water partition coefficient (Wildman–Crippen LogP) is 4.57. The van der Waals surface area contributed by atoms with Gasteiger partial charge in [0.25, 0.3) is 5.91 Å². The van der Waals surface area contributed by atoms with Gasteiger partial charge in [0.2, 0.25) is 0 Å². The summed E-state index contributed by atoms with van der Waals surface area (Å²) in [4.78, 5) is 17.2. The van der Waals surface area contributed by atoms with Crippen molar-refractivity contribution in [1.29, 1.82) is 0 Å². The largest absolute Gasteiger partial charge is 0.347 e. The van der Waals surface area contributed by atoms with Crippen LogP contribution in [0.5, 0.6) is 0 Å². The van der Waals surface area contributed by atoms with Gasteiger partial charge in [0, 0.05) is 16.7 Å². The van der Waals surface area contributed by atoms with Crippen molar-refractivity contribution in [3.8, 4) is 11.4 Å². The Hall–Kier alpha value is -3.06. The zero-order valence-electron chi connectivity index (χ0n) is 16.4. The molecule has 1 N–H and O–H groups in total. The molecule has 0 bridgehead atoms. The maximum atomic E-state index is 13.9. The molecule has 4 aromatic rings. The van der Waals surface area contributed by atoms with Gasteiger partial charge in [-0.15, -0.1) is 10.2 Å². The van der Waals surface area contributed by atoms with Crippen molar-refractivity contribution in [3.63, 3.8) is 0 Å². The van der Waals surface area contributed by atoms with E-state index in [1.54, 1.807) is 22.6 Å². The van der Waals surface area contributed by atoms with Crippen molar-refractivity contribution < 1.29 is 9.18 Å². The number of hydrogen-bond acceptors (Lipinski definition) is 4. The molecule has 8 heteroatoms. The number of nitrogens with one attached hydrogen (secondary N) is 1. The van der Waals surface area contributed by atoms with E-state index < -0.39 is 5.82 Å². The number of aryl methyl sites for hydroxylation is 1. The van der Waals surface area contributed by atoms with Crippen molar-refractivity contribution >= 4 is 34.2 Å². The summed E-state index contributed by atoms with van der Waals surface area (Å²) in [6, 6.07) is 9.31. The van der Waals surface area contributed by atoms with Gasteiger partial charge in [-0.1, -0.05) is 11.6 Å². The molecule has 4 rings (SSSR count). The fourth-order valence-corrected chi connectivity index (χ4v) is 3.37. The molecule has 2 aromatic heterocycles. The number of amides is 1. The van der Waals surface area contributed by atoms with Crippen LogP contribution < -0.4 is 5.32 Å². The molecular formula is C21H19ClFN5O. The summed E-state index contributed by atoms with van der Waals surface area (Å²) in [6.07, 6.45) is 0. The molecule has 2 heterocycles. The fraction of sp³-hybridized carbons (Fsp3) is 0.238. The predicted molar refractivity (Wildman–Crippen MR) is 111 cm³/mol. The molecule has 0 aliphatic heterocycles. The van der Waals surface area contributed by atoms with Gasteiger partial charge in [0.05, 0.1) is 21.7 Å². The van der Waals surface area contributed by atoms with Gasteiger partial charge in [-0.25, -0.2) is 9.37 Å². The molecule has 0 saturated heterocycles. The lowest BCUT2D eigenvalue weighted by molar-refractivity contribution is 0.0919. The number of benzene rings is 2. The lowest BCUT2D eigenvalue weighted by atomic mass is 10.1. The highest BCUT2D eigenvalue weighted by atomic mass is 35.5. The smallest absolute Gasteiger partial charge is 0.251 e. The molecule has 0 aliphatic rings. The van der Waals surface area contributed by atoms with E-state index in [4.69, 9.17) is 11.6 Å². The van der Waals surface area contributed by atoms with E-state index in [1.165, 1.54) is 18.2 Å². The third-order valence-electron chi connectivity index (χ3n) is 4.41. The lowest BCUT2D eigenvalue weighted by Gasteiger charge is -2.20.